The van der Waals surface area contributed by atoms with E-state index in [1.165, 1.54) is 0 Å². The Hall–Kier alpha value is -4.23. The highest BCUT2D eigenvalue weighted by Crippen LogP contribution is 2.25. The van der Waals surface area contributed by atoms with Crippen LogP contribution in [-0.2, 0) is 27.3 Å². The molecule has 14 heteroatoms. The van der Waals surface area contributed by atoms with Gasteiger partial charge in [-0.05, 0) is 63.4 Å². The van der Waals surface area contributed by atoms with E-state index in [2.05, 4.69) is 15.6 Å². The van der Waals surface area contributed by atoms with Crippen LogP contribution in [0.15, 0.2) is 24.3 Å². The number of alkyl halides is 3. The number of aliphatic carboxylic acids is 1. The van der Waals surface area contributed by atoms with Gasteiger partial charge in [-0.2, -0.15) is 13.2 Å². The van der Waals surface area contributed by atoms with Crippen molar-refractivity contribution >= 4 is 29.4 Å². The summed E-state index contributed by atoms with van der Waals surface area (Å²) in [5.74, 6) is -2.72. The summed E-state index contributed by atoms with van der Waals surface area (Å²) in [6.45, 7) is 7.96. The van der Waals surface area contributed by atoms with Gasteiger partial charge in [-0.25, -0.2) is 9.59 Å². The minimum absolute atomic E-state index is 0.0401. The topological polar surface area (TPSA) is 150 Å². The number of ether oxygens (including phenoxy) is 2. The van der Waals surface area contributed by atoms with Crippen LogP contribution in [0, 0.1) is 0 Å². The fourth-order valence-corrected chi connectivity index (χ4v) is 4.16. The quantitative estimate of drug-likeness (QED) is 0.315. The van der Waals surface area contributed by atoms with Gasteiger partial charge in [0, 0.05) is 37.4 Å². The summed E-state index contributed by atoms with van der Waals surface area (Å²) in [5.41, 5.74) is 2.09. The number of halogens is 3. The molecule has 1 aromatic heterocycles. The molecule has 1 atom stereocenters. The van der Waals surface area contributed by atoms with Crippen molar-refractivity contribution in [2.24, 2.45) is 0 Å². The predicted octanol–water partition coefficient (Wildman–Crippen LogP) is 4.14. The van der Waals surface area contributed by atoms with E-state index in [0.717, 1.165) is 11.4 Å². The number of likely N-dealkylation sites (tertiary alicyclic amines) is 1. The number of carbonyl (C=O) groups is 4. The maximum Gasteiger partial charge on any atom is 0.490 e. The number of carbonyl (C=O) groups excluding carboxylic acids is 3. The highest BCUT2D eigenvalue weighted by atomic mass is 19.4. The lowest BCUT2D eigenvalue weighted by Gasteiger charge is -2.20. The third-order valence-corrected chi connectivity index (χ3v) is 6.30. The summed E-state index contributed by atoms with van der Waals surface area (Å²) in [5, 5.41) is 13.4. The fraction of sp³-hybridized carbons (Fsp3) is 0.500. The number of likely N-dealkylation sites (N-methyl/N-ethyl adjacent to an activating group) is 1. The van der Waals surface area contributed by atoms with Gasteiger partial charge in [0.2, 0.25) is 5.91 Å². The van der Waals surface area contributed by atoms with Crippen molar-refractivity contribution in [3.63, 3.8) is 0 Å². The number of aromatic amines is 1. The minimum atomic E-state index is -5.08. The second kappa shape index (κ2) is 14.1. The molecule has 2 amide bonds. The van der Waals surface area contributed by atoms with Crippen molar-refractivity contribution in [3.8, 4) is 5.75 Å². The maximum atomic E-state index is 13.4. The second-order valence-electron chi connectivity index (χ2n) is 10.5. The number of carboxylic acids is 1. The number of amides is 2. The molecule has 1 fully saturated rings. The van der Waals surface area contributed by atoms with E-state index in [9.17, 15) is 27.6 Å². The van der Waals surface area contributed by atoms with Gasteiger partial charge in [0.1, 0.15) is 17.0 Å². The number of anilines is 1. The fourth-order valence-electron chi connectivity index (χ4n) is 4.16. The standard InChI is InChI=1S/C26H36N4O5.C2HF3O2/c1-7-19-22(24(32)28-14-17-10-13-21(31)30(17)5)20(29-23(19)25(33)35-26(2,3)4)15-27-16-8-11-18(34-6)12-9-16;3-2(4,5)1(6)7/h8-9,11-12,17,27,29H,7,10,13-15H2,1-6H3,(H,28,32);(H,6,7). The van der Waals surface area contributed by atoms with Crippen molar-refractivity contribution in [2.45, 2.75) is 71.3 Å². The molecule has 0 spiro atoms. The summed E-state index contributed by atoms with van der Waals surface area (Å²) in [6.07, 6.45) is -3.42. The maximum absolute atomic E-state index is 13.4. The number of carboxylic acid groups (broad SMARTS) is 1. The zero-order chi connectivity index (χ0) is 31.8. The van der Waals surface area contributed by atoms with Gasteiger partial charge in [0.25, 0.3) is 5.91 Å². The Balaban J connectivity index is 0.000000782. The van der Waals surface area contributed by atoms with Crippen molar-refractivity contribution in [1.82, 2.24) is 15.2 Å². The number of methoxy groups -OCH3 is 1. The normalized spacial score (nSPS) is 15.0. The Morgan fingerprint density at radius 1 is 1.14 bits per heavy atom. The lowest BCUT2D eigenvalue weighted by molar-refractivity contribution is -0.192. The monoisotopic (exact) mass is 598 g/mol. The van der Waals surface area contributed by atoms with Crippen LogP contribution in [0.3, 0.4) is 0 Å². The van der Waals surface area contributed by atoms with Crippen LogP contribution in [0.4, 0.5) is 18.9 Å². The van der Waals surface area contributed by atoms with Crippen LogP contribution in [0.1, 0.15) is 72.6 Å². The van der Waals surface area contributed by atoms with E-state index in [-0.39, 0.29) is 23.6 Å². The van der Waals surface area contributed by atoms with Gasteiger partial charge in [-0.15, -0.1) is 0 Å². The Kier molecular flexibility index (Phi) is 11.4. The molecule has 4 N–H and O–H groups in total. The highest BCUT2D eigenvalue weighted by Gasteiger charge is 2.38. The van der Waals surface area contributed by atoms with Crippen molar-refractivity contribution in [3.05, 3.63) is 46.8 Å². The van der Waals surface area contributed by atoms with Crippen LogP contribution in [0.25, 0.3) is 0 Å². The molecule has 1 unspecified atom stereocenters. The molecule has 0 bridgehead atoms. The van der Waals surface area contributed by atoms with Crippen LogP contribution >= 0.6 is 0 Å². The average Bonchev–Trinajstić information content (AvgIpc) is 3.44. The van der Waals surface area contributed by atoms with Crippen LogP contribution in [0.5, 0.6) is 5.75 Å². The molecule has 3 rings (SSSR count). The van der Waals surface area contributed by atoms with E-state index < -0.39 is 23.7 Å². The Morgan fingerprint density at radius 3 is 2.19 bits per heavy atom. The van der Waals surface area contributed by atoms with Crippen molar-refractivity contribution in [1.29, 1.82) is 0 Å². The number of benzene rings is 1. The van der Waals surface area contributed by atoms with E-state index in [0.29, 0.717) is 49.2 Å². The van der Waals surface area contributed by atoms with Gasteiger partial charge >= 0.3 is 18.1 Å². The molecule has 2 heterocycles. The predicted molar refractivity (Wildman–Crippen MR) is 147 cm³/mol. The lowest BCUT2D eigenvalue weighted by atomic mass is 10.0. The van der Waals surface area contributed by atoms with Crippen molar-refractivity contribution < 1.29 is 46.9 Å². The van der Waals surface area contributed by atoms with E-state index >= 15 is 0 Å². The molecule has 42 heavy (non-hydrogen) atoms. The zero-order valence-corrected chi connectivity index (χ0v) is 24.4. The number of nitrogens with one attached hydrogen (secondary N) is 3. The molecule has 11 nitrogen and oxygen atoms in total. The molecule has 0 aliphatic carbocycles. The SMILES string of the molecule is CCc1c(C(=O)OC(C)(C)C)[nH]c(CNc2ccc(OC)cc2)c1C(=O)NCC1CCC(=O)N1C.O=C(O)C(F)(F)F. The molecule has 0 saturated carbocycles. The first-order chi connectivity index (χ1) is 19.5. The molecular weight excluding hydrogens is 561 g/mol. The number of nitrogens with zero attached hydrogens (tertiary/aromatic N) is 1. The second-order valence-corrected chi connectivity index (χ2v) is 10.5. The summed E-state index contributed by atoms with van der Waals surface area (Å²) in [6, 6.07) is 7.40. The van der Waals surface area contributed by atoms with Gasteiger partial charge in [-0.1, -0.05) is 6.92 Å². The lowest BCUT2D eigenvalue weighted by Crippen LogP contribution is -2.40. The Labute approximate surface area is 241 Å². The molecule has 2 aromatic rings. The number of hydrogen-bond acceptors (Lipinski definition) is 7. The van der Waals surface area contributed by atoms with E-state index in [1.807, 2.05) is 31.2 Å². The van der Waals surface area contributed by atoms with Crippen LogP contribution in [-0.4, -0.2) is 77.3 Å². The molecular formula is C28H37F3N4O7. The third kappa shape index (κ3) is 9.42. The highest BCUT2D eigenvalue weighted by molar-refractivity contribution is 6.01. The molecule has 1 aliphatic rings. The number of esters is 1. The Morgan fingerprint density at radius 2 is 1.74 bits per heavy atom. The molecule has 1 aliphatic heterocycles. The summed E-state index contributed by atoms with van der Waals surface area (Å²) in [4.78, 5) is 51.9. The van der Waals surface area contributed by atoms with Crippen LogP contribution in [0.2, 0.25) is 0 Å². The minimum Gasteiger partial charge on any atom is -0.497 e. The molecule has 232 valence electrons. The van der Waals surface area contributed by atoms with E-state index in [4.69, 9.17) is 19.4 Å². The first kappa shape index (κ1) is 34.0. The average molecular weight is 599 g/mol. The molecule has 0 radical (unpaired) electrons. The third-order valence-electron chi connectivity index (χ3n) is 6.30. The van der Waals surface area contributed by atoms with E-state index in [1.54, 1.807) is 39.8 Å². The van der Waals surface area contributed by atoms with Gasteiger partial charge < -0.3 is 35.1 Å². The first-order valence-electron chi connectivity index (χ1n) is 13.2. The van der Waals surface area contributed by atoms with Crippen molar-refractivity contribution in [2.75, 3.05) is 26.0 Å². The summed E-state index contributed by atoms with van der Waals surface area (Å²) in [7, 11) is 3.36. The first-order valence-corrected chi connectivity index (χ1v) is 13.2. The summed E-state index contributed by atoms with van der Waals surface area (Å²) >= 11 is 0. The number of aromatic nitrogens is 1. The Bertz CT molecular complexity index is 1270. The molecule has 1 saturated heterocycles. The molecule has 1 aromatic carbocycles. The number of rotatable bonds is 9. The smallest absolute Gasteiger partial charge is 0.490 e. The number of H-pyrrole nitrogens is 1. The van der Waals surface area contributed by atoms with Gasteiger partial charge in [-0.3, -0.25) is 9.59 Å². The van der Waals surface area contributed by atoms with Gasteiger partial charge in [0.15, 0.2) is 0 Å². The largest absolute Gasteiger partial charge is 0.497 e. The van der Waals surface area contributed by atoms with Crippen LogP contribution < -0.4 is 15.4 Å². The zero-order valence-electron chi connectivity index (χ0n) is 24.4. The summed E-state index contributed by atoms with van der Waals surface area (Å²) < 4.78 is 42.5. The number of hydrogen-bond donors (Lipinski definition) is 4. The van der Waals surface area contributed by atoms with Gasteiger partial charge in [0.05, 0.1) is 19.2 Å².